The lowest BCUT2D eigenvalue weighted by Gasteiger charge is -2.23. The van der Waals surface area contributed by atoms with Crippen LogP contribution in [0.1, 0.15) is 60.9 Å². The molecule has 0 aliphatic heterocycles. The average molecular weight is 326 g/mol. The van der Waals surface area contributed by atoms with Crippen molar-refractivity contribution >= 4 is 22.6 Å². The maximum Gasteiger partial charge on any atom is 0.253 e. The third-order valence-electron chi connectivity index (χ3n) is 5.35. The van der Waals surface area contributed by atoms with Crippen LogP contribution in [0.15, 0.2) is 12.4 Å². The van der Waals surface area contributed by atoms with Crippen molar-refractivity contribution < 1.29 is 4.79 Å². The Morgan fingerprint density at radius 1 is 1.25 bits per heavy atom. The molecule has 4 rings (SSSR count). The molecule has 2 aromatic heterocycles. The number of anilines is 1. The van der Waals surface area contributed by atoms with Crippen LogP contribution in [0.3, 0.4) is 0 Å². The maximum absolute atomic E-state index is 12.6. The molecule has 0 unspecified atom stereocenters. The van der Waals surface area contributed by atoms with Gasteiger partial charge < -0.3 is 15.6 Å². The normalized spacial score (nSPS) is 18.7. The molecule has 24 heavy (non-hydrogen) atoms. The Morgan fingerprint density at radius 2 is 2.04 bits per heavy atom. The van der Waals surface area contributed by atoms with Gasteiger partial charge in [0.15, 0.2) is 5.82 Å². The van der Waals surface area contributed by atoms with E-state index in [1.54, 1.807) is 6.20 Å². The molecule has 0 atom stereocenters. The van der Waals surface area contributed by atoms with E-state index >= 15 is 0 Å². The second-order valence-electron chi connectivity index (χ2n) is 7.37. The Labute approximate surface area is 142 Å². The van der Waals surface area contributed by atoms with E-state index in [9.17, 15) is 4.79 Å². The topological polar surface area (TPSA) is 69.8 Å². The van der Waals surface area contributed by atoms with Crippen molar-refractivity contribution in [2.24, 2.45) is 5.92 Å². The summed E-state index contributed by atoms with van der Waals surface area (Å²) >= 11 is 0. The third-order valence-corrected chi connectivity index (χ3v) is 5.35. The van der Waals surface area contributed by atoms with E-state index in [1.165, 1.54) is 44.9 Å². The first-order chi connectivity index (χ1) is 11.7. The lowest BCUT2D eigenvalue weighted by Crippen LogP contribution is -2.26. The van der Waals surface area contributed by atoms with E-state index < -0.39 is 0 Å². The van der Waals surface area contributed by atoms with E-state index in [0.29, 0.717) is 17.5 Å². The van der Waals surface area contributed by atoms with Crippen LogP contribution in [0.4, 0.5) is 5.82 Å². The van der Waals surface area contributed by atoms with Crippen molar-refractivity contribution in [1.82, 2.24) is 15.3 Å². The van der Waals surface area contributed by atoms with Crippen LogP contribution in [0.2, 0.25) is 0 Å². The summed E-state index contributed by atoms with van der Waals surface area (Å²) < 4.78 is 0. The molecule has 0 saturated heterocycles. The van der Waals surface area contributed by atoms with E-state index in [4.69, 9.17) is 0 Å². The highest BCUT2D eigenvalue weighted by Gasteiger charge is 2.24. The van der Waals surface area contributed by atoms with Crippen molar-refractivity contribution in [1.29, 1.82) is 0 Å². The molecule has 128 valence electrons. The van der Waals surface area contributed by atoms with Crippen LogP contribution in [0.25, 0.3) is 10.9 Å². The number of aromatic amines is 1. The summed E-state index contributed by atoms with van der Waals surface area (Å²) in [4.78, 5) is 20.4. The molecule has 5 nitrogen and oxygen atoms in total. The van der Waals surface area contributed by atoms with E-state index in [-0.39, 0.29) is 5.91 Å². The van der Waals surface area contributed by atoms with Crippen molar-refractivity contribution in [3.05, 3.63) is 23.5 Å². The highest BCUT2D eigenvalue weighted by Crippen LogP contribution is 2.30. The Bertz CT molecular complexity index is 741. The van der Waals surface area contributed by atoms with Gasteiger partial charge in [-0.3, -0.25) is 4.79 Å². The smallest absolute Gasteiger partial charge is 0.253 e. The largest absolute Gasteiger partial charge is 0.366 e. The lowest BCUT2D eigenvalue weighted by atomic mass is 9.95. The van der Waals surface area contributed by atoms with Gasteiger partial charge in [-0.15, -0.1) is 0 Å². The average Bonchev–Trinajstić information content (AvgIpc) is 3.36. The molecule has 2 aliphatic carbocycles. The van der Waals surface area contributed by atoms with Crippen molar-refractivity contribution in [2.75, 3.05) is 11.9 Å². The molecule has 3 N–H and O–H groups in total. The fourth-order valence-electron chi connectivity index (χ4n) is 3.69. The fourth-order valence-corrected chi connectivity index (χ4v) is 3.69. The van der Waals surface area contributed by atoms with Gasteiger partial charge in [0.25, 0.3) is 5.91 Å². The van der Waals surface area contributed by atoms with Crippen LogP contribution < -0.4 is 10.6 Å². The molecule has 2 saturated carbocycles. The number of H-pyrrole nitrogens is 1. The Morgan fingerprint density at radius 3 is 2.79 bits per heavy atom. The molecule has 2 heterocycles. The van der Waals surface area contributed by atoms with Crippen molar-refractivity contribution in [2.45, 2.75) is 57.9 Å². The van der Waals surface area contributed by atoms with Crippen LogP contribution in [-0.2, 0) is 0 Å². The SMILES string of the molecule is Cc1c[nH]c2c(NC3CCCCC3)ncc(C(=O)NCC3CC3)c12. The second kappa shape index (κ2) is 6.46. The van der Waals surface area contributed by atoms with Gasteiger partial charge in [-0.2, -0.15) is 0 Å². The molecular weight excluding hydrogens is 300 g/mol. The van der Waals surface area contributed by atoms with E-state index in [0.717, 1.165) is 28.8 Å². The fraction of sp³-hybridized carbons (Fsp3) is 0.579. The number of nitrogens with one attached hydrogen (secondary N) is 3. The number of aromatic nitrogens is 2. The third kappa shape index (κ3) is 3.12. The summed E-state index contributed by atoms with van der Waals surface area (Å²) in [5.41, 5.74) is 2.73. The number of carbonyl (C=O) groups is 1. The first-order valence-electron chi connectivity index (χ1n) is 9.24. The number of fused-ring (bicyclic) bond motifs is 1. The molecule has 2 fully saturated rings. The Balaban J connectivity index is 1.60. The van der Waals surface area contributed by atoms with Gasteiger partial charge in [0.2, 0.25) is 0 Å². The molecular formula is C19H26N4O. The van der Waals surface area contributed by atoms with Gasteiger partial charge in [0.1, 0.15) is 0 Å². The lowest BCUT2D eigenvalue weighted by molar-refractivity contribution is 0.0953. The summed E-state index contributed by atoms with van der Waals surface area (Å²) in [7, 11) is 0. The van der Waals surface area contributed by atoms with Gasteiger partial charge in [0.05, 0.1) is 11.1 Å². The van der Waals surface area contributed by atoms with Gasteiger partial charge in [-0.25, -0.2) is 4.98 Å². The molecule has 0 spiro atoms. The number of hydrogen-bond donors (Lipinski definition) is 3. The van der Waals surface area contributed by atoms with Gasteiger partial charge >= 0.3 is 0 Å². The number of amides is 1. The standard InChI is InChI=1S/C19H26N4O/c1-12-9-20-17-16(12)15(19(24)22-10-13-7-8-13)11-21-18(17)23-14-5-3-2-4-6-14/h9,11,13-14,20H,2-8,10H2,1H3,(H,21,23)(H,22,24). The first kappa shape index (κ1) is 15.5. The predicted octanol–water partition coefficient (Wildman–Crippen LogP) is 3.76. The molecule has 0 aromatic carbocycles. The van der Waals surface area contributed by atoms with E-state index in [1.807, 2.05) is 13.1 Å². The van der Waals surface area contributed by atoms with Gasteiger partial charge in [0, 0.05) is 30.4 Å². The molecule has 1 amide bonds. The quantitative estimate of drug-likeness (QED) is 0.783. The number of aryl methyl sites for hydroxylation is 1. The number of carbonyl (C=O) groups excluding carboxylic acids is 1. The van der Waals surface area contributed by atoms with Crippen molar-refractivity contribution in [3.8, 4) is 0 Å². The summed E-state index contributed by atoms with van der Waals surface area (Å²) in [5, 5.41) is 7.64. The van der Waals surface area contributed by atoms with E-state index in [2.05, 4.69) is 20.6 Å². The summed E-state index contributed by atoms with van der Waals surface area (Å²) in [5.74, 6) is 1.55. The maximum atomic E-state index is 12.6. The zero-order valence-electron chi connectivity index (χ0n) is 14.3. The summed E-state index contributed by atoms with van der Waals surface area (Å²) in [6.07, 6.45) is 12.5. The Hall–Kier alpha value is -2.04. The minimum absolute atomic E-state index is 0.00804. The van der Waals surface area contributed by atoms with Crippen LogP contribution in [-0.4, -0.2) is 28.5 Å². The van der Waals surface area contributed by atoms with Crippen molar-refractivity contribution in [3.63, 3.8) is 0 Å². The zero-order chi connectivity index (χ0) is 16.5. The number of pyridine rings is 1. The minimum Gasteiger partial charge on any atom is -0.366 e. The Kier molecular flexibility index (Phi) is 4.17. The monoisotopic (exact) mass is 326 g/mol. The molecule has 0 bridgehead atoms. The first-order valence-corrected chi connectivity index (χ1v) is 9.24. The van der Waals surface area contributed by atoms with Gasteiger partial charge in [-0.05, 0) is 44.1 Å². The number of nitrogens with zero attached hydrogens (tertiary/aromatic N) is 1. The highest BCUT2D eigenvalue weighted by atomic mass is 16.1. The second-order valence-corrected chi connectivity index (χ2v) is 7.37. The van der Waals surface area contributed by atoms with Crippen LogP contribution in [0, 0.1) is 12.8 Å². The zero-order valence-corrected chi connectivity index (χ0v) is 14.3. The number of rotatable bonds is 5. The molecule has 5 heteroatoms. The summed E-state index contributed by atoms with van der Waals surface area (Å²) in [6, 6.07) is 0.493. The number of hydrogen-bond acceptors (Lipinski definition) is 3. The molecule has 0 radical (unpaired) electrons. The summed E-state index contributed by atoms with van der Waals surface area (Å²) in [6.45, 7) is 2.83. The molecule has 2 aliphatic rings. The predicted molar refractivity (Wildman–Crippen MR) is 96.4 cm³/mol. The highest BCUT2D eigenvalue weighted by molar-refractivity contribution is 6.09. The van der Waals surface area contributed by atoms with Gasteiger partial charge in [-0.1, -0.05) is 19.3 Å². The molecule has 2 aromatic rings. The minimum atomic E-state index is -0.00804. The van der Waals surface area contributed by atoms with Crippen LogP contribution in [0.5, 0.6) is 0 Å². The van der Waals surface area contributed by atoms with Crippen LogP contribution >= 0.6 is 0 Å².